The molecular formula is C32H42N8O3. The predicted molar refractivity (Wildman–Crippen MR) is 166 cm³/mol. The van der Waals surface area contributed by atoms with Crippen molar-refractivity contribution in [2.24, 2.45) is 14.1 Å². The summed E-state index contributed by atoms with van der Waals surface area (Å²) in [5.74, 6) is 1.44. The summed E-state index contributed by atoms with van der Waals surface area (Å²) < 4.78 is 25.1. The number of aryl methyl sites for hydroxylation is 2. The molecule has 0 spiro atoms. The molecule has 2 saturated heterocycles. The molecule has 4 aromatic rings. The van der Waals surface area contributed by atoms with Gasteiger partial charge in [0, 0.05) is 39.2 Å². The third kappa shape index (κ3) is 5.57. The SMILES string of the molecule is C[C@H]1CN(C)Cc2c(c(OC3CCNCC3)nn2C)/C=C\c2nn(C3CCCCO3)c3ccc(cc23)-c2cnn(C)c2O1. The molecule has 6 heterocycles. The summed E-state index contributed by atoms with van der Waals surface area (Å²) in [6, 6.07) is 6.50. The van der Waals surface area contributed by atoms with Crippen LogP contribution < -0.4 is 14.8 Å². The minimum atomic E-state index is -0.0746. The number of likely N-dealkylation sites (N-methyl/N-ethyl adjacent to an activating group) is 1. The summed E-state index contributed by atoms with van der Waals surface area (Å²) in [5, 5.41) is 19.1. The van der Waals surface area contributed by atoms with E-state index in [-0.39, 0.29) is 18.4 Å². The van der Waals surface area contributed by atoms with Crippen molar-refractivity contribution in [2.45, 2.75) is 64.0 Å². The highest BCUT2D eigenvalue weighted by Crippen LogP contribution is 2.36. The molecule has 1 N–H and O–H groups in total. The minimum absolute atomic E-state index is 0.0625. The van der Waals surface area contributed by atoms with Gasteiger partial charge in [-0.3, -0.25) is 9.58 Å². The van der Waals surface area contributed by atoms with Gasteiger partial charge in [0.05, 0.1) is 34.2 Å². The van der Waals surface area contributed by atoms with Gasteiger partial charge < -0.3 is 19.5 Å². The standard InChI is InChI=1S/C32H42N8O3/c1-21-19-37(2)20-29-24(31(36-38(29)3)43-23-12-14-33-15-13-23)9-10-27-25-17-22(26-18-34-39(4)32(26)42-21)8-11-28(25)40(35-27)30-7-5-6-16-41-30/h8-11,17-18,21,23,30,33H,5-7,12-16,19-20H2,1-4H3/b10-9-/t21-,30?/m0/s1. The van der Waals surface area contributed by atoms with E-state index in [0.717, 1.165) is 103 Å². The van der Waals surface area contributed by atoms with E-state index in [4.69, 9.17) is 24.4 Å². The Bertz CT molecular complexity index is 1620. The van der Waals surface area contributed by atoms with E-state index in [1.54, 1.807) is 0 Å². The van der Waals surface area contributed by atoms with E-state index in [1.807, 2.05) is 29.7 Å². The van der Waals surface area contributed by atoms with E-state index in [0.29, 0.717) is 12.4 Å². The fourth-order valence-electron chi connectivity index (χ4n) is 6.57. The highest BCUT2D eigenvalue weighted by Gasteiger charge is 2.25. The van der Waals surface area contributed by atoms with Gasteiger partial charge in [-0.2, -0.15) is 10.2 Å². The molecule has 0 radical (unpaired) electrons. The number of ether oxygens (including phenoxy) is 3. The molecule has 7 rings (SSSR count). The molecule has 2 fully saturated rings. The van der Waals surface area contributed by atoms with Crippen LogP contribution in [0.15, 0.2) is 24.4 Å². The van der Waals surface area contributed by atoms with Gasteiger partial charge in [-0.1, -0.05) is 6.07 Å². The van der Waals surface area contributed by atoms with E-state index >= 15 is 0 Å². The number of benzene rings is 1. The maximum Gasteiger partial charge on any atom is 0.240 e. The van der Waals surface area contributed by atoms with Crippen molar-refractivity contribution >= 4 is 23.1 Å². The van der Waals surface area contributed by atoms with Crippen LogP contribution >= 0.6 is 0 Å². The van der Waals surface area contributed by atoms with Crippen molar-refractivity contribution in [3.63, 3.8) is 0 Å². The quantitative estimate of drug-likeness (QED) is 0.378. The Hall–Kier alpha value is -3.67. The summed E-state index contributed by atoms with van der Waals surface area (Å²) >= 11 is 0. The van der Waals surface area contributed by atoms with Gasteiger partial charge in [-0.05, 0) is 89.0 Å². The highest BCUT2D eigenvalue weighted by molar-refractivity contribution is 5.93. The molecule has 11 heteroatoms. The first-order valence-electron chi connectivity index (χ1n) is 15.6. The van der Waals surface area contributed by atoms with Crippen LogP contribution in [0, 0.1) is 0 Å². The Labute approximate surface area is 252 Å². The van der Waals surface area contributed by atoms with Crippen molar-refractivity contribution in [3.05, 3.63) is 41.3 Å². The van der Waals surface area contributed by atoms with Crippen molar-refractivity contribution in [2.75, 3.05) is 33.3 Å². The Morgan fingerprint density at radius 1 is 1.00 bits per heavy atom. The van der Waals surface area contributed by atoms with Crippen molar-refractivity contribution < 1.29 is 14.2 Å². The summed E-state index contributed by atoms with van der Waals surface area (Å²) in [5.41, 5.74) is 6.04. The van der Waals surface area contributed by atoms with Gasteiger partial charge in [0.25, 0.3) is 0 Å². The van der Waals surface area contributed by atoms with E-state index in [9.17, 15) is 0 Å². The molecule has 1 unspecified atom stereocenters. The van der Waals surface area contributed by atoms with Crippen LogP contribution in [0.3, 0.4) is 0 Å². The van der Waals surface area contributed by atoms with Crippen molar-refractivity contribution in [1.82, 2.24) is 39.6 Å². The van der Waals surface area contributed by atoms with Crippen LogP contribution in [-0.4, -0.2) is 79.7 Å². The minimum Gasteiger partial charge on any atom is -0.473 e. The monoisotopic (exact) mass is 586 g/mol. The molecule has 11 nitrogen and oxygen atoms in total. The lowest BCUT2D eigenvalue weighted by molar-refractivity contribution is -0.0367. The van der Waals surface area contributed by atoms with Crippen LogP contribution in [0.4, 0.5) is 0 Å². The molecule has 0 amide bonds. The van der Waals surface area contributed by atoms with Gasteiger partial charge >= 0.3 is 0 Å². The van der Waals surface area contributed by atoms with Crippen molar-refractivity contribution in [3.8, 4) is 22.9 Å². The zero-order valence-electron chi connectivity index (χ0n) is 25.6. The number of piperidine rings is 1. The molecule has 3 aliphatic heterocycles. The normalized spacial score (nSPS) is 22.9. The number of nitrogens with one attached hydrogen (secondary N) is 1. The smallest absolute Gasteiger partial charge is 0.240 e. The second-order valence-electron chi connectivity index (χ2n) is 12.2. The molecule has 2 atom stereocenters. The number of hydrogen-bond donors (Lipinski definition) is 1. The predicted octanol–water partition coefficient (Wildman–Crippen LogP) is 4.38. The highest BCUT2D eigenvalue weighted by atomic mass is 16.5. The first kappa shape index (κ1) is 28.1. The summed E-state index contributed by atoms with van der Waals surface area (Å²) in [6.07, 6.45) is 11.3. The molecule has 2 bridgehead atoms. The zero-order valence-corrected chi connectivity index (χ0v) is 25.6. The van der Waals surface area contributed by atoms with Gasteiger partial charge in [0.15, 0.2) is 6.23 Å². The van der Waals surface area contributed by atoms with Gasteiger partial charge in [-0.15, -0.1) is 5.10 Å². The van der Waals surface area contributed by atoms with E-state index in [2.05, 4.69) is 64.3 Å². The first-order valence-corrected chi connectivity index (χ1v) is 15.6. The lowest BCUT2D eigenvalue weighted by Crippen LogP contribution is -2.34. The number of rotatable bonds is 3. The Balaban J connectivity index is 1.38. The fraction of sp³-hybridized carbons (Fsp3) is 0.531. The molecule has 0 saturated carbocycles. The molecule has 3 aromatic heterocycles. The summed E-state index contributed by atoms with van der Waals surface area (Å²) in [6.45, 7) is 6.21. The van der Waals surface area contributed by atoms with Crippen LogP contribution in [0.25, 0.3) is 34.2 Å². The summed E-state index contributed by atoms with van der Waals surface area (Å²) in [7, 11) is 6.05. The van der Waals surface area contributed by atoms with Gasteiger partial charge in [-0.25, -0.2) is 9.36 Å². The van der Waals surface area contributed by atoms with Gasteiger partial charge in [0.1, 0.15) is 12.2 Å². The number of aromatic nitrogens is 6. The first-order chi connectivity index (χ1) is 20.9. The Kier molecular flexibility index (Phi) is 7.71. The second kappa shape index (κ2) is 11.8. The number of nitrogens with zero attached hydrogens (tertiary/aromatic N) is 7. The number of fused-ring (bicyclic) bond motifs is 4. The van der Waals surface area contributed by atoms with E-state index in [1.165, 1.54) is 0 Å². The molecule has 0 aliphatic carbocycles. The average molecular weight is 587 g/mol. The van der Waals surface area contributed by atoms with E-state index < -0.39 is 0 Å². The average Bonchev–Trinajstić information content (AvgIpc) is 3.65. The molecule has 43 heavy (non-hydrogen) atoms. The lowest BCUT2D eigenvalue weighted by Gasteiger charge is -2.24. The van der Waals surface area contributed by atoms with Crippen LogP contribution in [0.1, 0.15) is 62.2 Å². The lowest BCUT2D eigenvalue weighted by atomic mass is 10.0. The fourth-order valence-corrected chi connectivity index (χ4v) is 6.57. The molecular weight excluding hydrogens is 544 g/mol. The second-order valence-corrected chi connectivity index (χ2v) is 12.2. The summed E-state index contributed by atoms with van der Waals surface area (Å²) in [4.78, 5) is 2.27. The molecule has 3 aliphatic rings. The number of hydrogen-bond acceptors (Lipinski definition) is 8. The van der Waals surface area contributed by atoms with Gasteiger partial charge in [0.2, 0.25) is 11.8 Å². The zero-order chi connectivity index (χ0) is 29.5. The molecule has 228 valence electrons. The Morgan fingerprint density at radius 3 is 2.67 bits per heavy atom. The van der Waals surface area contributed by atoms with Crippen LogP contribution in [0.5, 0.6) is 11.8 Å². The maximum atomic E-state index is 6.56. The molecule has 1 aromatic carbocycles. The van der Waals surface area contributed by atoms with Crippen LogP contribution in [0.2, 0.25) is 0 Å². The Morgan fingerprint density at radius 2 is 1.86 bits per heavy atom. The third-order valence-electron chi connectivity index (χ3n) is 8.80. The largest absolute Gasteiger partial charge is 0.473 e. The maximum absolute atomic E-state index is 6.56. The van der Waals surface area contributed by atoms with Crippen molar-refractivity contribution in [1.29, 1.82) is 0 Å². The van der Waals surface area contributed by atoms with Crippen LogP contribution in [-0.2, 0) is 25.4 Å². The topological polar surface area (TPSA) is 96.4 Å². The third-order valence-corrected chi connectivity index (χ3v) is 8.80.